The lowest BCUT2D eigenvalue weighted by Gasteiger charge is -2.37. The van der Waals surface area contributed by atoms with Crippen molar-refractivity contribution in [2.45, 2.75) is 32.2 Å². The highest BCUT2D eigenvalue weighted by atomic mass is 35.5. The number of amides is 1. The van der Waals surface area contributed by atoms with Crippen molar-refractivity contribution in [1.82, 2.24) is 4.90 Å². The first-order valence-corrected chi connectivity index (χ1v) is 8.72. The highest BCUT2D eigenvalue weighted by Gasteiger charge is 2.37. The van der Waals surface area contributed by atoms with E-state index in [0.717, 1.165) is 0 Å². The van der Waals surface area contributed by atoms with Gasteiger partial charge in [0.05, 0.1) is 12.6 Å². The van der Waals surface area contributed by atoms with Crippen LogP contribution >= 0.6 is 23.2 Å². The monoisotopic (exact) mass is 387 g/mol. The molecule has 1 amide bonds. The van der Waals surface area contributed by atoms with Crippen LogP contribution in [0.5, 0.6) is 0 Å². The molecule has 2 rings (SSSR count). The van der Waals surface area contributed by atoms with E-state index in [9.17, 15) is 19.5 Å². The Hall–Kier alpha value is -1.79. The molecule has 0 aromatic heterocycles. The smallest absolute Gasteiger partial charge is 0.407 e. The Bertz CT molecular complexity index is 679. The number of nitrogens with zero attached hydrogens (tertiary/aromatic N) is 1. The van der Waals surface area contributed by atoms with Gasteiger partial charge in [-0.2, -0.15) is 0 Å². The van der Waals surface area contributed by atoms with Crippen LogP contribution in [0, 0.1) is 5.92 Å². The van der Waals surface area contributed by atoms with E-state index in [0.29, 0.717) is 22.0 Å². The third-order valence-electron chi connectivity index (χ3n) is 4.25. The predicted octanol–water partition coefficient (Wildman–Crippen LogP) is 3.95. The van der Waals surface area contributed by atoms with Gasteiger partial charge < -0.3 is 14.7 Å². The molecule has 8 heteroatoms. The number of ether oxygens (including phenoxy) is 1. The van der Waals surface area contributed by atoms with Gasteiger partial charge in [0.2, 0.25) is 0 Å². The predicted molar refractivity (Wildman–Crippen MR) is 92.9 cm³/mol. The third-order valence-corrected chi connectivity index (χ3v) is 4.81. The van der Waals surface area contributed by atoms with E-state index in [1.807, 2.05) is 0 Å². The number of ketones is 1. The number of Topliss-reactive ketones (excluding diaryl/α,β-unsaturated/α-hetero) is 1. The topological polar surface area (TPSA) is 83.9 Å². The van der Waals surface area contributed by atoms with Gasteiger partial charge in [0.25, 0.3) is 0 Å². The zero-order valence-corrected chi connectivity index (χ0v) is 15.2. The molecule has 0 aliphatic carbocycles. The van der Waals surface area contributed by atoms with Crippen LogP contribution in [0.15, 0.2) is 18.2 Å². The van der Waals surface area contributed by atoms with E-state index in [4.69, 9.17) is 27.9 Å². The van der Waals surface area contributed by atoms with E-state index in [1.165, 1.54) is 4.90 Å². The molecule has 1 aromatic carbocycles. The van der Waals surface area contributed by atoms with E-state index in [-0.39, 0.29) is 31.8 Å². The number of carbonyl (C=O) groups excluding carboxylic acids is 2. The molecule has 1 N–H and O–H groups in total. The maximum absolute atomic E-state index is 12.4. The number of halogens is 2. The average Bonchev–Trinajstić information content (AvgIpc) is 2.54. The van der Waals surface area contributed by atoms with Crippen molar-refractivity contribution in [3.05, 3.63) is 33.8 Å². The fourth-order valence-electron chi connectivity index (χ4n) is 3.05. The summed E-state index contributed by atoms with van der Waals surface area (Å²) in [4.78, 5) is 36.7. The lowest BCUT2D eigenvalue weighted by Crippen LogP contribution is -2.42. The minimum absolute atomic E-state index is 0.193. The summed E-state index contributed by atoms with van der Waals surface area (Å²) < 4.78 is 4.81. The van der Waals surface area contributed by atoms with Gasteiger partial charge >= 0.3 is 12.1 Å². The lowest BCUT2D eigenvalue weighted by atomic mass is 9.84. The Morgan fingerprint density at radius 2 is 2.04 bits per heavy atom. The number of carboxylic acid groups (broad SMARTS) is 1. The lowest BCUT2D eigenvalue weighted by molar-refractivity contribution is -0.146. The molecule has 0 saturated carbocycles. The van der Waals surface area contributed by atoms with Crippen molar-refractivity contribution in [3.63, 3.8) is 0 Å². The molecule has 136 valence electrons. The normalized spacial score (nSPS) is 20.2. The second-order valence-electron chi connectivity index (χ2n) is 5.83. The Morgan fingerprint density at radius 1 is 1.32 bits per heavy atom. The molecular formula is C17H19Cl2NO5. The highest BCUT2D eigenvalue weighted by molar-refractivity contribution is 6.35. The molecule has 25 heavy (non-hydrogen) atoms. The minimum atomic E-state index is -1.08. The molecule has 1 aliphatic heterocycles. The molecule has 2 unspecified atom stereocenters. The van der Waals surface area contributed by atoms with E-state index < -0.39 is 24.0 Å². The van der Waals surface area contributed by atoms with Crippen LogP contribution in [0.1, 0.15) is 37.8 Å². The van der Waals surface area contributed by atoms with Gasteiger partial charge in [-0.15, -0.1) is 0 Å². The van der Waals surface area contributed by atoms with Crippen LogP contribution in [-0.2, 0) is 14.3 Å². The molecule has 1 heterocycles. The van der Waals surface area contributed by atoms with E-state index >= 15 is 0 Å². The van der Waals surface area contributed by atoms with Crippen LogP contribution in [0.2, 0.25) is 10.0 Å². The molecule has 1 aliphatic rings. The number of piperidine rings is 1. The van der Waals surface area contributed by atoms with Crippen molar-refractivity contribution in [1.29, 1.82) is 0 Å². The second-order valence-corrected chi connectivity index (χ2v) is 6.67. The van der Waals surface area contributed by atoms with Crippen molar-refractivity contribution < 1.29 is 24.2 Å². The molecular weight excluding hydrogens is 369 g/mol. The first kappa shape index (κ1) is 19.5. The minimum Gasteiger partial charge on any atom is -0.466 e. The molecule has 1 saturated heterocycles. The summed E-state index contributed by atoms with van der Waals surface area (Å²) in [6.45, 7) is 2.08. The Morgan fingerprint density at radius 3 is 2.64 bits per heavy atom. The van der Waals surface area contributed by atoms with Crippen molar-refractivity contribution in [2.75, 3.05) is 13.2 Å². The van der Waals surface area contributed by atoms with Crippen LogP contribution in [-0.4, -0.2) is 41.0 Å². The number of rotatable bonds is 5. The maximum atomic E-state index is 12.4. The fraction of sp³-hybridized carbons (Fsp3) is 0.471. The largest absolute Gasteiger partial charge is 0.466 e. The molecule has 6 nitrogen and oxygen atoms in total. The number of esters is 1. The molecule has 0 radical (unpaired) electrons. The molecule has 1 fully saturated rings. The summed E-state index contributed by atoms with van der Waals surface area (Å²) in [7, 11) is 0. The molecule has 0 spiro atoms. The van der Waals surface area contributed by atoms with Crippen molar-refractivity contribution in [3.8, 4) is 0 Å². The first-order valence-electron chi connectivity index (χ1n) is 7.96. The summed E-state index contributed by atoms with van der Waals surface area (Å²) in [5.74, 6) is -1.22. The van der Waals surface area contributed by atoms with Gasteiger partial charge in [0.15, 0.2) is 0 Å². The van der Waals surface area contributed by atoms with Crippen molar-refractivity contribution >= 4 is 41.0 Å². The van der Waals surface area contributed by atoms with Crippen LogP contribution in [0.4, 0.5) is 4.79 Å². The van der Waals surface area contributed by atoms with Gasteiger partial charge in [-0.3, -0.25) is 9.59 Å². The summed E-state index contributed by atoms with van der Waals surface area (Å²) in [5.41, 5.74) is 0.599. The number of benzene rings is 1. The van der Waals surface area contributed by atoms with Crippen LogP contribution < -0.4 is 0 Å². The molecule has 1 aromatic rings. The summed E-state index contributed by atoms with van der Waals surface area (Å²) in [6, 6.07) is 4.28. The Labute approximate surface area is 155 Å². The van der Waals surface area contributed by atoms with Gasteiger partial charge in [0, 0.05) is 22.5 Å². The van der Waals surface area contributed by atoms with Gasteiger partial charge in [-0.1, -0.05) is 29.3 Å². The zero-order valence-electron chi connectivity index (χ0n) is 13.7. The molecule has 0 bridgehead atoms. The Balaban J connectivity index is 2.20. The summed E-state index contributed by atoms with van der Waals surface area (Å²) >= 11 is 12.1. The van der Waals surface area contributed by atoms with Gasteiger partial charge in [-0.25, -0.2) is 4.79 Å². The number of likely N-dealkylation sites (tertiary alicyclic amines) is 1. The van der Waals surface area contributed by atoms with E-state index in [2.05, 4.69) is 0 Å². The van der Waals surface area contributed by atoms with Gasteiger partial charge in [0.1, 0.15) is 12.2 Å². The standard InChI is InChI=1S/C17H19Cl2NO5/c1-2-25-16(22)9-15(21)10-5-6-20(17(23)24)14(7-10)12-4-3-11(18)8-13(12)19/h3-4,8,10,14H,2,5-7,9H2,1H3,(H,23,24). The highest BCUT2D eigenvalue weighted by Crippen LogP contribution is 2.38. The number of hydrogen-bond acceptors (Lipinski definition) is 4. The van der Waals surface area contributed by atoms with E-state index in [1.54, 1.807) is 25.1 Å². The quantitative estimate of drug-likeness (QED) is 0.610. The number of carbonyl (C=O) groups is 3. The maximum Gasteiger partial charge on any atom is 0.407 e. The molecule has 2 atom stereocenters. The third kappa shape index (κ3) is 4.86. The second kappa shape index (κ2) is 8.54. The number of hydrogen-bond donors (Lipinski definition) is 1. The Kier molecular flexibility index (Phi) is 6.67. The van der Waals surface area contributed by atoms with Gasteiger partial charge in [-0.05, 0) is 37.5 Å². The fourth-order valence-corrected chi connectivity index (χ4v) is 3.59. The summed E-state index contributed by atoms with van der Waals surface area (Å²) in [6.07, 6.45) is -0.738. The van der Waals surface area contributed by atoms with Crippen LogP contribution in [0.3, 0.4) is 0 Å². The SMILES string of the molecule is CCOC(=O)CC(=O)C1CCN(C(=O)O)C(c2ccc(Cl)cc2Cl)C1. The summed E-state index contributed by atoms with van der Waals surface area (Å²) in [5, 5.41) is 10.2. The van der Waals surface area contributed by atoms with Crippen LogP contribution in [0.25, 0.3) is 0 Å². The van der Waals surface area contributed by atoms with Crippen molar-refractivity contribution in [2.24, 2.45) is 5.92 Å². The average molecular weight is 388 g/mol. The zero-order chi connectivity index (χ0) is 18.6. The first-order chi connectivity index (χ1) is 11.8.